The van der Waals surface area contributed by atoms with Gasteiger partial charge in [-0.15, -0.1) is 11.3 Å². The quantitative estimate of drug-likeness (QED) is 0.718. The Morgan fingerprint density at radius 3 is 2.36 bits per heavy atom. The molecular weight excluding hydrogens is 352 g/mol. The van der Waals surface area contributed by atoms with Crippen molar-refractivity contribution in [3.63, 3.8) is 0 Å². The first-order valence-corrected chi connectivity index (χ1v) is 9.09. The predicted molar refractivity (Wildman–Crippen MR) is 100 cm³/mol. The van der Waals surface area contributed by atoms with Crippen LogP contribution in [-0.2, 0) is 0 Å². The molecule has 0 N–H and O–H groups in total. The van der Waals surface area contributed by atoms with E-state index in [1.807, 2.05) is 24.4 Å². The Labute approximate surface area is 154 Å². The first-order valence-electron chi connectivity index (χ1n) is 7.46. The zero-order chi connectivity index (χ0) is 18.2. The summed E-state index contributed by atoms with van der Waals surface area (Å²) in [7, 11) is 0. The third-order valence-electron chi connectivity index (χ3n) is 3.30. The minimum Gasteiger partial charge on any atom is -0.363 e. The van der Waals surface area contributed by atoms with Crippen LogP contribution in [0, 0.1) is 34.0 Å². The number of thiazole rings is 2. The van der Waals surface area contributed by atoms with Crippen molar-refractivity contribution in [2.45, 2.75) is 13.8 Å². The molecule has 2 rings (SSSR count). The average molecular weight is 366 g/mol. The van der Waals surface area contributed by atoms with E-state index < -0.39 is 0 Å². The highest BCUT2D eigenvalue weighted by atomic mass is 32.1. The second-order valence-electron chi connectivity index (χ2n) is 4.70. The molecule has 0 radical (unpaired) electrons. The SMILES string of the molecule is CCN(CC)c1cnc(/C=C/c2cnc(C(C#N)=C(C#N)C#N)s2)s1. The minimum absolute atomic E-state index is 0.00715. The molecule has 0 aliphatic carbocycles. The van der Waals surface area contributed by atoms with Gasteiger partial charge in [0.15, 0.2) is 0 Å². The maximum atomic E-state index is 9.16. The van der Waals surface area contributed by atoms with Crippen LogP contribution in [0.15, 0.2) is 18.0 Å². The molecular formula is C17H14N6S2. The molecule has 0 amide bonds. The van der Waals surface area contributed by atoms with E-state index in [0.29, 0.717) is 5.01 Å². The van der Waals surface area contributed by atoms with Gasteiger partial charge in [-0.2, -0.15) is 15.8 Å². The Bertz CT molecular complexity index is 909. The van der Waals surface area contributed by atoms with Crippen LogP contribution in [0.4, 0.5) is 5.00 Å². The van der Waals surface area contributed by atoms with Gasteiger partial charge >= 0.3 is 0 Å². The van der Waals surface area contributed by atoms with Gasteiger partial charge in [-0.1, -0.05) is 11.3 Å². The van der Waals surface area contributed by atoms with E-state index >= 15 is 0 Å². The maximum absolute atomic E-state index is 9.16. The van der Waals surface area contributed by atoms with E-state index in [9.17, 15) is 0 Å². The molecule has 124 valence electrons. The number of anilines is 1. The highest BCUT2D eigenvalue weighted by Gasteiger charge is 2.12. The van der Waals surface area contributed by atoms with Crippen LogP contribution >= 0.6 is 22.7 Å². The summed E-state index contributed by atoms with van der Waals surface area (Å²) < 4.78 is 0. The molecule has 0 saturated carbocycles. The third kappa shape index (κ3) is 4.30. The van der Waals surface area contributed by atoms with Crippen molar-refractivity contribution in [1.82, 2.24) is 9.97 Å². The lowest BCUT2D eigenvalue weighted by atomic mass is 10.2. The molecule has 2 aromatic heterocycles. The normalized spacial score (nSPS) is 10.0. The monoisotopic (exact) mass is 366 g/mol. The molecule has 2 heterocycles. The first kappa shape index (κ1) is 18.4. The van der Waals surface area contributed by atoms with Gasteiger partial charge < -0.3 is 4.90 Å². The van der Waals surface area contributed by atoms with Crippen LogP contribution in [0.25, 0.3) is 17.7 Å². The van der Waals surface area contributed by atoms with Crippen LogP contribution in [0.3, 0.4) is 0 Å². The largest absolute Gasteiger partial charge is 0.363 e. The van der Waals surface area contributed by atoms with Crippen LogP contribution in [0.5, 0.6) is 0 Å². The van der Waals surface area contributed by atoms with Crippen LogP contribution in [0.1, 0.15) is 28.7 Å². The molecule has 0 unspecified atom stereocenters. The number of rotatable bonds is 6. The fourth-order valence-corrected chi connectivity index (χ4v) is 3.79. The molecule has 0 fully saturated rings. The molecule has 0 spiro atoms. The lowest BCUT2D eigenvalue weighted by Gasteiger charge is -2.17. The summed E-state index contributed by atoms with van der Waals surface area (Å²) in [6.45, 7) is 6.08. The van der Waals surface area contributed by atoms with E-state index in [1.54, 1.807) is 29.7 Å². The van der Waals surface area contributed by atoms with Crippen molar-refractivity contribution in [2.24, 2.45) is 0 Å². The van der Waals surface area contributed by atoms with Crippen LogP contribution in [0.2, 0.25) is 0 Å². The molecule has 6 nitrogen and oxygen atoms in total. The Hall–Kier alpha value is -2.99. The van der Waals surface area contributed by atoms with Crippen molar-refractivity contribution >= 4 is 45.4 Å². The minimum atomic E-state index is -0.226. The van der Waals surface area contributed by atoms with Gasteiger partial charge in [0.2, 0.25) is 0 Å². The predicted octanol–water partition coefficient (Wildman–Crippen LogP) is 3.94. The van der Waals surface area contributed by atoms with Crippen molar-refractivity contribution in [1.29, 1.82) is 15.8 Å². The zero-order valence-electron chi connectivity index (χ0n) is 13.7. The third-order valence-corrected chi connectivity index (χ3v) is 5.30. The molecule has 0 atom stereocenters. The second kappa shape index (κ2) is 8.75. The van der Waals surface area contributed by atoms with Gasteiger partial charge in [0.25, 0.3) is 0 Å². The summed E-state index contributed by atoms with van der Waals surface area (Å²) in [6, 6.07) is 5.33. The Balaban J connectivity index is 2.21. The number of nitrogens with zero attached hydrogens (tertiary/aromatic N) is 6. The fourth-order valence-electron chi connectivity index (χ4n) is 2.02. The summed E-state index contributed by atoms with van der Waals surface area (Å²) in [4.78, 5) is 11.6. The van der Waals surface area contributed by atoms with Gasteiger partial charge in [-0.25, -0.2) is 9.97 Å². The lowest BCUT2D eigenvalue weighted by Crippen LogP contribution is -2.20. The van der Waals surface area contributed by atoms with E-state index in [-0.39, 0.29) is 11.1 Å². The topological polar surface area (TPSA) is 100 Å². The summed E-state index contributed by atoms with van der Waals surface area (Å²) in [5.41, 5.74) is -0.219. The van der Waals surface area contributed by atoms with Gasteiger partial charge in [0.05, 0.1) is 6.20 Å². The summed E-state index contributed by atoms with van der Waals surface area (Å²) >= 11 is 2.86. The van der Waals surface area contributed by atoms with Gasteiger partial charge in [-0.3, -0.25) is 0 Å². The Morgan fingerprint density at radius 1 is 1.04 bits per heavy atom. The zero-order valence-corrected chi connectivity index (χ0v) is 15.4. The van der Waals surface area contributed by atoms with E-state index in [4.69, 9.17) is 15.8 Å². The highest BCUT2D eigenvalue weighted by molar-refractivity contribution is 7.16. The number of nitriles is 3. The molecule has 0 aliphatic rings. The summed E-state index contributed by atoms with van der Waals surface area (Å²) in [5.74, 6) is 0. The first-order chi connectivity index (χ1) is 12.2. The molecule has 0 aliphatic heterocycles. The van der Waals surface area contributed by atoms with Gasteiger partial charge in [0, 0.05) is 24.2 Å². The molecule has 8 heteroatoms. The number of allylic oxidation sites excluding steroid dienone is 2. The molecule has 25 heavy (non-hydrogen) atoms. The molecule has 0 bridgehead atoms. The fraction of sp³-hybridized carbons (Fsp3) is 0.235. The summed E-state index contributed by atoms with van der Waals surface area (Å²) in [6.07, 6.45) is 7.22. The van der Waals surface area contributed by atoms with E-state index in [1.165, 1.54) is 11.3 Å². The highest BCUT2D eigenvalue weighted by Crippen LogP contribution is 2.27. The van der Waals surface area contributed by atoms with Crippen LogP contribution < -0.4 is 4.90 Å². The number of hydrogen-bond donors (Lipinski definition) is 0. The summed E-state index contributed by atoms with van der Waals surface area (Å²) in [5, 5.41) is 29.3. The van der Waals surface area contributed by atoms with Crippen molar-refractivity contribution < 1.29 is 0 Å². The lowest BCUT2D eigenvalue weighted by molar-refractivity contribution is 0.874. The maximum Gasteiger partial charge on any atom is 0.150 e. The Morgan fingerprint density at radius 2 is 1.76 bits per heavy atom. The van der Waals surface area contributed by atoms with E-state index in [0.717, 1.165) is 28.0 Å². The standard InChI is InChI=1S/C17H14N6S2/c1-3-23(4-2)16-11-21-15(25-16)6-5-13-10-22-17(24-13)14(9-20)12(7-18)8-19/h5-6,10-11H,3-4H2,1-2H3/b6-5+. The average Bonchev–Trinajstić information content (AvgIpc) is 3.28. The van der Waals surface area contributed by atoms with Crippen molar-refractivity contribution in [3.05, 3.63) is 32.9 Å². The van der Waals surface area contributed by atoms with Gasteiger partial charge in [-0.05, 0) is 26.0 Å². The number of aromatic nitrogens is 2. The molecule has 0 aromatic carbocycles. The van der Waals surface area contributed by atoms with Crippen molar-refractivity contribution in [3.8, 4) is 18.2 Å². The molecule has 0 saturated heterocycles. The van der Waals surface area contributed by atoms with Gasteiger partial charge in [0.1, 0.15) is 44.4 Å². The Kier molecular flexibility index (Phi) is 6.42. The van der Waals surface area contributed by atoms with E-state index in [2.05, 4.69) is 28.7 Å². The molecule has 2 aromatic rings. The second-order valence-corrected chi connectivity index (χ2v) is 6.80. The van der Waals surface area contributed by atoms with Crippen molar-refractivity contribution in [2.75, 3.05) is 18.0 Å². The van der Waals surface area contributed by atoms with Crippen LogP contribution in [-0.4, -0.2) is 23.1 Å². The number of hydrogen-bond acceptors (Lipinski definition) is 8. The smallest absolute Gasteiger partial charge is 0.150 e.